The predicted octanol–water partition coefficient (Wildman–Crippen LogP) is 0.332. The normalized spacial score (nSPS) is 9.29. The van der Waals surface area contributed by atoms with Gasteiger partial charge in [0.25, 0.3) is 0 Å². The highest BCUT2D eigenvalue weighted by molar-refractivity contribution is 6.37. The van der Waals surface area contributed by atoms with Crippen LogP contribution >= 0.6 is 0 Å². The van der Waals surface area contributed by atoms with Crippen molar-refractivity contribution in [1.29, 1.82) is 0 Å². The first-order valence-corrected chi connectivity index (χ1v) is 3.63. The summed E-state index contributed by atoms with van der Waals surface area (Å²) in [6.45, 7) is 0. The SMILES string of the molecule is COC(=O)C(=O)Nc1cncc(F)c1. The second kappa shape index (κ2) is 4.31. The number of hydrogen-bond acceptors (Lipinski definition) is 4. The van der Waals surface area contributed by atoms with Gasteiger partial charge in [-0.2, -0.15) is 0 Å². The number of nitrogens with one attached hydrogen (secondary N) is 1. The van der Waals surface area contributed by atoms with Gasteiger partial charge in [-0.25, -0.2) is 9.18 Å². The summed E-state index contributed by atoms with van der Waals surface area (Å²) >= 11 is 0. The van der Waals surface area contributed by atoms with Crippen LogP contribution < -0.4 is 5.32 Å². The van der Waals surface area contributed by atoms with Gasteiger partial charge in [-0.05, 0) is 0 Å². The van der Waals surface area contributed by atoms with E-state index >= 15 is 0 Å². The topological polar surface area (TPSA) is 68.3 Å². The van der Waals surface area contributed by atoms with E-state index in [1.807, 2.05) is 0 Å². The molecule has 0 spiro atoms. The van der Waals surface area contributed by atoms with E-state index in [0.717, 1.165) is 19.4 Å². The summed E-state index contributed by atoms with van der Waals surface area (Å²) in [6, 6.07) is 1.04. The van der Waals surface area contributed by atoms with Crippen LogP contribution in [0.25, 0.3) is 0 Å². The molecule has 0 saturated carbocycles. The zero-order valence-corrected chi connectivity index (χ0v) is 7.28. The average Bonchev–Trinajstić information content (AvgIpc) is 2.16. The van der Waals surface area contributed by atoms with Crippen LogP contribution in [0.1, 0.15) is 0 Å². The molecule has 0 aliphatic rings. The number of amides is 1. The van der Waals surface area contributed by atoms with Crippen molar-refractivity contribution in [2.75, 3.05) is 12.4 Å². The van der Waals surface area contributed by atoms with E-state index in [2.05, 4.69) is 15.0 Å². The van der Waals surface area contributed by atoms with Gasteiger partial charge in [-0.1, -0.05) is 0 Å². The first-order chi connectivity index (χ1) is 6.63. The number of nitrogens with zero attached hydrogens (tertiary/aromatic N) is 1. The van der Waals surface area contributed by atoms with Gasteiger partial charge in [0, 0.05) is 6.07 Å². The first kappa shape index (κ1) is 10.1. The summed E-state index contributed by atoms with van der Waals surface area (Å²) in [7, 11) is 1.08. The lowest BCUT2D eigenvalue weighted by Crippen LogP contribution is -2.23. The van der Waals surface area contributed by atoms with Gasteiger partial charge in [-0.15, -0.1) is 0 Å². The number of methoxy groups -OCH3 is 1. The van der Waals surface area contributed by atoms with Gasteiger partial charge >= 0.3 is 11.9 Å². The molecular weight excluding hydrogens is 191 g/mol. The highest BCUT2D eigenvalue weighted by Crippen LogP contribution is 2.06. The molecule has 1 aromatic rings. The van der Waals surface area contributed by atoms with Crippen molar-refractivity contribution in [3.05, 3.63) is 24.3 Å². The molecule has 1 N–H and O–H groups in total. The minimum atomic E-state index is -1.05. The molecule has 0 aliphatic carbocycles. The van der Waals surface area contributed by atoms with Crippen molar-refractivity contribution in [2.45, 2.75) is 0 Å². The maximum Gasteiger partial charge on any atom is 0.396 e. The van der Waals surface area contributed by atoms with Gasteiger partial charge in [0.05, 0.1) is 25.2 Å². The Bertz CT molecular complexity index is 367. The van der Waals surface area contributed by atoms with Crippen molar-refractivity contribution in [1.82, 2.24) is 4.98 Å². The number of ether oxygens (including phenoxy) is 1. The molecule has 1 aromatic heterocycles. The summed E-state index contributed by atoms with van der Waals surface area (Å²) in [5.74, 6) is -2.62. The van der Waals surface area contributed by atoms with E-state index in [4.69, 9.17) is 0 Å². The smallest absolute Gasteiger partial charge is 0.396 e. The van der Waals surface area contributed by atoms with Gasteiger partial charge in [-0.3, -0.25) is 9.78 Å². The fourth-order valence-corrected chi connectivity index (χ4v) is 0.755. The Balaban J connectivity index is 2.70. The maximum absolute atomic E-state index is 12.6. The molecule has 0 atom stereocenters. The third kappa shape index (κ3) is 2.51. The number of pyridine rings is 1. The van der Waals surface area contributed by atoms with Gasteiger partial charge < -0.3 is 10.1 Å². The van der Waals surface area contributed by atoms with Crippen molar-refractivity contribution >= 4 is 17.6 Å². The Kier molecular flexibility index (Phi) is 3.11. The van der Waals surface area contributed by atoms with Crippen molar-refractivity contribution in [3.8, 4) is 0 Å². The van der Waals surface area contributed by atoms with Crippen LogP contribution in [0.2, 0.25) is 0 Å². The number of carbonyl (C=O) groups is 2. The lowest BCUT2D eigenvalue weighted by Gasteiger charge is -2.01. The van der Waals surface area contributed by atoms with Crippen LogP contribution in [0.5, 0.6) is 0 Å². The molecule has 0 aliphatic heterocycles. The van der Waals surface area contributed by atoms with Crippen LogP contribution in [0.3, 0.4) is 0 Å². The van der Waals surface area contributed by atoms with Crippen molar-refractivity contribution in [3.63, 3.8) is 0 Å². The second-order valence-corrected chi connectivity index (χ2v) is 2.34. The Morgan fingerprint density at radius 3 is 2.79 bits per heavy atom. The molecule has 0 saturated heterocycles. The minimum absolute atomic E-state index is 0.0976. The fourth-order valence-electron chi connectivity index (χ4n) is 0.755. The molecule has 0 unspecified atom stereocenters. The number of hydrogen-bond donors (Lipinski definition) is 1. The largest absolute Gasteiger partial charge is 0.462 e. The Labute approximate surface area is 78.9 Å². The fraction of sp³-hybridized carbons (Fsp3) is 0.125. The monoisotopic (exact) mass is 198 g/mol. The molecule has 0 aromatic carbocycles. The summed E-state index contributed by atoms with van der Waals surface area (Å²) < 4.78 is 16.7. The molecule has 0 bridgehead atoms. The number of esters is 1. The summed E-state index contributed by atoms with van der Waals surface area (Å²) in [5, 5.41) is 2.12. The maximum atomic E-state index is 12.6. The molecule has 5 nitrogen and oxygen atoms in total. The highest BCUT2D eigenvalue weighted by atomic mass is 19.1. The van der Waals surface area contributed by atoms with E-state index in [9.17, 15) is 14.0 Å². The minimum Gasteiger partial charge on any atom is -0.462 e. The summed E-state index contributed by atoms with van der Waals surface area (Å²) in [6.07, 6.45) is 2.19. The molecule has 1 rings (SSSR count). The second-order valence-electron chi connectivity index (χ2n) is 2.34. The first-order valence-electron chi connectivity index (χ1n) is 3.63. The molecule has 74 valence electrons. The molecule has 1 amide bonds. The molecule has 14 heavy (non-hydrogen) atoms. The van der Waals surface area contributed by atoms with Crippen LogP contribution in [-0.2, 0) is 14.3 Å². The molecule has 0 radical (unpaired) electrons. The van der Waals surface area contributed by atoms with Crippen LogP contribution in [0, 0.1) is 5.82 Å². The molecular formula is C8H7FN2O3. The van der Waals surface area contributed by atoms with Crippen molar-refractivity contribution in [2.24, 2.45) is 0 Å². The summed E-state index contributed by atoms with van der Waals surface area (Å²) in [5.41, 5.74) is 0.0976. The lowest BCUT2D eigenvalue weighted by atomic mass is 10.4. The van der Waals surface area contributed by atoms with Crippen LogP contribution in [0.4, 0.5) is 10.1 Å². The van der Waals surface area contributed by atoms with Crippen molar-refractivity contribution < 1.29 is 18.7 Å². The Morgan fingerprint density at radius 1 is 1.50 bits per heavy atom. The van der Waals surface area contributed by atoms with Gasteiger partial charge in [0.1, 0.15) is 5.82 Å². The van der Waals surface area contributed by atoms with Crippen LogP contribution in [-0.4, -0.2) is 24.0 Å². The molecule has 6 heteroatoms. The van der Waals surface area contributed by atoms with E-state index in [-0.39, 0.29) is 5.69 Å². The number of aromatic nitrogens is 1. The number of anilines is 1. The van der Waals surface area contributed by atoms with E-state index < -0.39 is 17.7 Å². The van der Waals surface area contributed by atoms with E-state index in [1.54, 1.807) is 0 Å². The zero-order valence-electron chi connectivity index (χ0n) is 7.28. The number of carbonyl (C=O) groups excluding carboxylic acids is 2. The third-order valence-electron chi connectivity index (χ3n) is 1.33. The Hall–Kier alpha value is -1.98. The van der Waals surface area contributed by atoms with Crippen LogP contribution in [0.15, 0.2) is 18.5 Å². The Morgan fingerprint density at radius 2 is 2.21 bits per heavy atom. The molecule has 0 fully saturated rings. The quantitative estimate of drug-likeness (QED) is 0.521. The zero-order chi connectivity index (χ0) is 10.6. The number of rotatable bonds is 1. The third-order valence-corrected chi connectivity index (χ3v) is 1.33. The average molecular weight is 198 g/mol. The predicted molar refractivity (Wildman–Crippen MR) is 44.8 cm³/mol. The van der Waals surface area contributed by atoms with E-state index in [0.29, 0.717) is 0 Å². The van der Waals surface area contributed by atoms with Gasteiger partial charge in [0.2, 0.25) is 0 Å². The number of halogens is 1. The lowest BCUT2D eigenvalue weighted by molar-refractivity contribution is -0.150. The van der Waals surface area contributed by atoms with E-state index in [1.165, 1.54) is 6.20 Å². The van der Waals surface area contributed by atoms with Gasteiger partial charge in [0.15, 0.2) is 0 Å². The highest BCUT2D eigenvalue weighted by Gasteiger charge is 2.13. The standard InChI is InChI=1S/C8H7FN2O3/c1-14-8(13)7(12)11-6-2-5(9)3-10-4-6/h2-4H,1H3,(H,11,12). The molecule has 1 heterocycles. The summed E-state index contributed by atoms with van der Waals surface area (Å²) in [4.78, 5) is 25.1.